The summed E-state index contributed by atoms with van der Waals surface area (Å²) in [4.78, 5) is 24.3. The Morgan fingerprint density at radius 1 is 0.850 bits per heavy atom. The van der Waals surface area contributed by atoms with Crippen LogP contribution in [0.2, 0.25) is 0 Å². The Kier molecular flexibility index (Phi) is 2.84. The summed E-state index contributed by atoms with van der Waals surface area (Å²) in [5, 5.41) is 2.96. The number of carbonyl (C=O) groups excluding carboxylic acids is 2. The third-order valence-corrected chi connectivity index (χ3v) is 3.15. The van der Waals surface area contributed by atoms with Crippen LogP contribution in [0.4, 0.5) is 11.4 Å². The van der Waals surface area contributed by atoms with Crippen molar-refractivity contribution in [2.24, 2.45) is 0 Å². The lowest BCUT2D eigenvalue weighted by molar-refractivity contribution is 0.0985. The lowest BCUT2D eigenvalue weighted by atomic mass is 9.92. The van der Waals surface area contributed by atoms with Crippen LogP contribution in [0.15, 0.2) is 60.3 Å². The summed E-state index contributed by atoms with van der Waals surface area (Å²) in [6, 6.07) is 13.8. The molecule has 0 radical (unpaired) electrons. The molecule has 4 heteroatoms. The highest BCUT2D eigenvalue weighted by atomic mass is 16.1. The predicted octanol–water partition coefficient (Wildman–Crippen LogP) is 2.64. The van der Waals surface area contributed by atoms with Gasteiger partial charge < -0.3 is 11.1 Å². The predicted molar refractivity (Wildman–Crippen MR) is 77.7 cm³/mol. The molecule has 0 aliphatic heterocycles. The quantitative estimate of drug-likeness (QED) is 0.818. The number of hydrogen-bond donors (Lipinski definition) is 2. The Balaban J connectivity index is 1.94. The van der Waals surface area contributed by atoms with Gasteiger partial charge in [-0.2, -0.15) is 0 Å². The van der Waals surface area contributed by atoms with Crippen molar-refractivity contribution in [2.45, 2.75) is 0 Å². The number of allylic oxidation sites excluding steroid dienone is 2. The van der Waals surface area contributed by atoms with Crippen LogP contribution >= 0.6 is 0 Å². The van der Waals surface area contributed by atoms with Crippen molar-refractivity contribution in [3.63, 3.8) is 0 Å². The van der Waals surface area contributed by atoms with Crippen molar-refractivity contribution >= 4 is 22.9 Å². The van der Waals surface area contributed by atoms with Gasteiger partial charge in [0, 0.05) is 28.6 Å². The Morgan fingerprint density at radius 3 is 2.20 bits per heavy atom. The molecule has 20 heavy (non-hydrogen) atoms. The minimum absolute atomic E-state index is 0.168. The zero-order chi connectivity index (χ0) is 14.1. The highest BCUT2D eigenvalue weighted by Crippen LogP contribution is 2.22. The third kappa shape index (κ3) is 2.07. The van der Waals surface area contributed by atoms with Gasteiger partial charge in [-0.05, 0) is 24.3 Å². The van der Waals surface area contributed by atoms with Crippen molar-refractivity contribution in [2.75, 3.05) is 11.1 Å². The molecule has 0 amide bonds. The van der Waals surface area contributed by atoms with E-state index in [1.807, 2.05) is 0 Å². The number of Topliss-reactive ketones (excluding diaryl/α,β-unsaturated/α-hetero) is 1. The second-order valence-corrected chi connectivity index (χ2v) is 4.54. The molecule has 0 heterocycles. The van der Waals surface area contributed by atoms with Crippen LogP contribution in [0.5, 0.6) is 0 Å². The van der Waals surface area contributed by atoms with Crippen LogP contribution in [0.25, 0.3) is 0 Å². The van der Waals surface area contributed by atoms with Crippen molar-refractivity contribution in [3.8, 4) is 0 Å². The molecule has 0 bridgehead atoms. The zero-order valence-electron chi connectivity index (χ0n) is 10.6. The fraction of sp³-hybridized carbons (Fsp3) is 0. The lowest BCUT2D eigenvalue weighted by Crippen LogP contribution is -2.21. The number of nitrogen functional groups attached to an aromatic ring is 1. The molecule has 98 valence electrons. The first kappa shape index (κ1) is 12.2. The third-order valence-electron chi connectivity index (χ3n) is 3.15. The molecule has 1 aliphatic rings. The number of ketones is 2. The van der Waals surface area contributed by atoms with Crippen LogP contribution in [0, 0.1) is 0 Å². The number of hydrogen-bond acceptors (Lipinski definition) is 4. The highest BCUT2D eigenvalue weighted by Gasteiger charge is 2.24. The van der Waals surface area contributed by atoms with E-state index in [-0.39, 0.29) is 17.3 Å². The number of rotatable bonds is 2. The van der Waals surface area contributed by atoms with E-state index in [4.69, 9.17) is 5.73 Å². The van der Waals surface area contributed by atoms with E-state index in [2.05, 4.69) is 5.32 Å². The van der Waals surface area contributed by atoms with Gasteiger partial charge in [0.15, 0.2) is 5.78 Å². The topological polar surface area (TPSA) is 72.2 Å². The van der Waals surface area contributed by atoms with Gasteiger partial charge in [0.05, 0.1) is 5.70 Å². The molecule has 0 spiro atoms. The Bertz CT molecular complexity index is 730. The molecule has 2 aromatic carbocycles. The standard InChI is InChI=1S/C16H12N2O2/c17-10-5-7-11(8-6-10)18-14-9-15(19)12-3-1-2-4-13(12)16(14)20/h1-9,18H,17H2. The minimum atomic E-state index is -0.183. The Morgan fingerprint density at radius 2 is 1.50 bits per heavy atom. The zero-order valence-corrected chi connectivity index (χ0v) is 10.6. The molecule has 4 nitrogen and oxygen atoms in total. The monoisotopic (exact) mass is 264 g/mol. The summed E-state index contributed by atoms with van der Waals surface area (Å²) in [5.41, 5.74) is 8.11. The van der Waals surface area contributed by atoms with E-state index < -0.39 is 0 Å². The summed E-state index contributed by atoms with van der Waals surface area (Å²) in [7, 11) is 0. The van der Waals surface area contributed by atoms with E-state index in [9.17, 15) is 9.59 Å². The summed E-state index contributed by atoms with van der Waals surface area (Å²) >= 11 is 0. The van der Waals surface area contributed by atoms with Crippen molar-refractivity contribution < 1.29 is 9.59 Å². The number of nitrogens with two attached hydrogens (primary N) is 1. The van der Waals surface area contributed by atoms with Crippen LogP contribution in [-0.4, -0.2) is 11.6 Å². The van der Waals surface area contributed by atoms with Crippen molar-refractivity contribution in [1.82, 2.24) is 0 Å². The molecular weight excluding hydrogens is 252 g/mol. The fourth-order valence-electron chi connectivity index (χ4n) is 2.13. The number of fused-ring (bicyclic) bond motifs is 1. The van der Waals surface area contributed by atoms with Gasteiger partial charge in [-0.1, -0.05) is 24.3 Å². The second-order valence-electron chi connectivity index (χ2n) is 4.54. The average molecular weight is 264 g/mol. The molecule has 2 aromatic rings. The molecule has 0 fully saturated rings. The Labute approximate surface area is 115 Å². The molecule has 0 saturated heterocycles. The van der Waals surface area contributed by atoms with Gasteiger partial charge in [-0.3, -0.25) is 9.59 Å². The second kappa shape index (κ2) is 4.66. The number of carbonyl (C=O) groups is 2. The van der Waals surface area contributed by atoms with E-state index >= 15 is 0 Å². The molecule has 0 aromatic heterocycles. The van der Waals surface area contributed by atoms with Gasteiger partial charge in [0.1, 0.15) is 0 Å². The lowest BCUT2D eigenvalue weighted by Gasteiger charge is -2.16. The molecule has 3 N–H and O–H groups in total. The SMILES string of the molecule is Nc1ccc(NC2=CC(=O)c3ccccc3C2=O)cc1. The fourth-order valence-corrected chi connectivity index (χ4v) is 2.13. The largest absolute Gasteiger partial charge is 0.399 e. The van der Waals surface area contributed by atoms with E-state index in [1.54, 1.807) is 48.5 Å². The van der Waals surface area contributed by atoms with E-state index in [1.165, 1.54) is 6.08 Å². The van der Waals surface area contributed by atoms with Gasteiger partial charge in [0.25, 0.3) is 0 Å². The molecule has 0 unspecified atom stereocenters. The minimum Gasteiger partial charge on any atom is -0.399 e. The van der Waals surface area contributed by atoms with Gasteiger partial charge in [0.2, 0.25) is 5.78 Å². The number of nitrogens with one attached hydrogen (secondary N) is 1. The maximum atomic E-state index is 12.3. The summed E-state index contributed by atoms with van der Waals surface area (Å²) in [5.74, 6) is -0.352. The van der Waals surface area contributed by atoms with Crippen molar-refractivity contribution in [1.29, 1.82) is 0 Å². The normalized spacial score (nSPS) is 13.7. The van der Waals surface area contributed by atoms with Crippen LogP contribution in [0.1, 0.15) is 20.7 Å². The van der Waals surface area contributed by atoms with Gasteiger partial charge >= 0.3 is 0 Å². The Hall–Kier alpha value is -2.88. The van der Waals surface area contributed by atoms with Gasteiger partial charge in [-0.15, -0.1) is 0 Å². The molecule has 0 atom stereocenters. The molecule has 3 rings (SSSR count). The van der Waals surface area contributed by atoms with Crippen molar-refractivity contribution in [3.05, 3.63) is 71.4 Å². The average Bonchev–Trinajstić information content (AvgIpc) is 2.47. The smallest absolute Gasteiger partial charge is 0.210 e. The first-order valence-electron chi connectivity index (χ1n) is 6.17. The van der Waals surface area contributed by atoms with Crippen LogP contribution in [-0.2, 0) is 0 Å². The number of benzene rings is 2. The molecular formula is C16H12N2O2. The molecule has 0 saturated carbocycles. The van der Waals surface area contributed by atoms with E-state index in [0.717, 1.165) is 0 Å². The van der Waals surface area contributed by atoms with Crippen LogP contribution < -0.4 is 11.1 Å². The summed E-state index contributed by atoms with van der Waals surface area (Å²) in [6.45, 7) is 0. The summed E-state index contributed by atoms with van der Waals surface area (Å²) in [6.07, 6.45) is 1.33. The first-order valence-corrected chi connectivity index (χ1v) is 6.17. The maximum absolute atomic E-state index is 12.3. The van der Waals surface area contributed by atoms with Crippen LogP contribution in [0.3, 0.4) is 0 Å². The number of anilines is 2. The first-order chi connectivity index (χ1) is 9.65. The molecule has 1 aliphatic carbocycles. The van der Waals surface area contributed by atoms with E-state index in [0.29, 0.717) is 22.5 Å². The maximum Gasteiger partial charge on any atom is 0.210 e. The summed E-state index contributed by atoms with van der Waals surface area (Å²) < 4.78 is 0. The van der Waals surface area contributed by atoms with Gasteiger partial charge in [-0.25, -0.2) is 0 Å². The highest BCUT2D eigenvalue weighted by molar-refractivity contribution is 6.25.